The molecule has 0 saturated carbocycles. The van der Waals surface area contributed by atoms with E-state index in [1.54, 1.807) is 32.0 Å². The van der Waals surface area contributed by atoms with Crippen LogP contribution in [-0.4, -0.2) is 22.5 Å². The lowest BCUT2D eigenvalue weighted by molar-refractivity contribution is -0.384. The third-order valence-corrected chi connectivity index (χ3v) is 2.73. The van der Waals surface area contributed by atoms with Crippen molar-refractivity contribution in [2.75, 3.05) is 11.9 Å². The van der Waals surface area contributed by atoms with Gasteiger partial charge >= 0.3 is 5.97 Å². The molecule has 0 saturated heterocycles. The number of aliphatic carboxylic acids is 1. The van der Waals surface area contributed by atoms with Gasteiger partial charge in [-0.2, -0.15) is 0 Å². The Morgan fingerprint density at radius 2 is 2.22 bits per heavy atom. The first kappa shape index (κ1) is 14.0. The third kappa shape index (κ3) is 3.44. The number of nitro benzene ring substituents is 1. The van der Waals surface area contributed by atoms with E-state index in [2.05, 4.69) is 5.32 Å². The van der Waals surface area contributed by atoms with Crippen molar-refractivity contribution in [2.24, 2.45) is 5.92 Å². The smallest absolute Gasteiger partial charge is 0.306 e. The van der Waals surface area contributed by atoms with Crippen LogP contribution < -0.4 is 5.32 Å². The molecule has 0 heterocycles. The summed E-state index contributed by atoms with van der Waals surface area (Å²) in [4.78, 5) is 21.1. The van der Waals surface area contributed by atoms with Crippen LogP contribution in [-0.2, 0) is 4.79 Å². The molecule has 0 amide bonds. The van der Waals surface area contributed by atoms with Gasteiger partial charge in [-0.3, -0.25) is 14.9 Å². The molecule has 0 radical (unpaired) electrons. The summed E-state index contributed by atoms with van der Waals surface area (Å²) in [5.41, 5.74) is 1.05. The number of benzene rings is 1. The molecule has 0 fully saturated rings. The molecule has 6 nitrogen and oxygen atoms in total. The van der Waals surface area contributed by atoms with E-state index in [0.717, 1.165) is 0 Å². The maximum absolute atomic E-state index is 10.9. The highest BCUT2D eigenvalue weighted by atomic mass is 16.6. The van der Waals surface area contributed by atoms with E-state index >= 15 is 0 Å². The number of para-hydroxylation sites is 1. The maximum Gasteiger partial charge on any atom is 0.306 e. The standard InChI is InChI=1S/C12H16N2O4/c1-8-4-3-5-10(11(8)14(17)18)13-7-6-9(2)12(15)16/h3-5,9,13H,6-7H2,1-2H3,(H,15,16). The molecule has 98 valence electrons. The maximum atomic E-state index is 10.9. The van der Waals surface area contributed by atoms with E-state index in [4.69, 9.17) is 5.11 Å². The van der Waals surface area contributed by atoms with Crippen molar-refractivity contribution in [3.05, 3.63) is 33.9 Å². The summed E-state index contributed by atoms with van der Waals surface area (Å²) < 4.78 is 0. The van der Waals surface area contributed by atoms with Crippen LogP contribution in [0.5, 0.6) is 0 Å². The Morgan fingerprint density at radius 3 is 2.78 bits per heavy atom. The zero-order valence-electron chi connectivity index (χ0n) is 10.3. The molecule has 1 atom stereocenters. The number of hydrogen-bond donors (Lipinski definition) is 2. The average molecular weight is 252 g/mol. The molecule has 2 N–H and O–H groups in total. The number of nitrogens with one attached hydrogen (secondary N) is 1. The van der Waals surface area contributed by atoms with E-state index in [1.165, 1.54) is 0 Å². The summed E-state index contributed by atoms with van der Waals surface area (Å²) in [5.74, 6) is -1.34. The number of nitro groups is 1. The van der Waals surface area contributed by atoms with Crippen LogP contribution in [0.2, 0.25) is 0 Å². The van der Waals surface area contributed by atoms with Gasteiger partial charge in [0.1, 0.15) is 5.69 Å². The minimum atomic E-state index is -0.865. The van der Waals surface area contributed by atoms with Crippen molar-refractivity contribution < 1.29 is 14.8 Å². The Hall–Kier alpha value is -2.11. The van der Waals surface area contributed by atoms with E-state index in [9.17, 15) is 14.9 Å². The SMILES string of the molecule is Cc1cccc(NCCC(C)C(=O)O)c1[N+](=O)[O-]. The number of carboxylic acids is 1. The Kier molecular flexibility index (Phi) is 4.65. The molecule has 0 aliphatic rings. The minimum absolute atomic E-state index is 0.0421. The van der Waals surface area contributed by atoms with Crippen molar-refractivity contribution in [3.8, 4) is 0 Å². The lowest BCUT2D eigenvalue weighted by Gasteiger charge is -2.10. The second kappa shape index (κ2) is 6.00. The first-order chi connectivity index (χ1) is 8.43. The lowest BCUT2D eigenvalue weighted by Crippen LogP contribution is -2.15. The Bertz CT molecular complexity index is 459. The van der Waals surface area contributed by atoms with Gasteiger partial charge in [0.05, 0.1) is 10.8 Å². The van der Waals surface area contributed by atoms with Crippen LogP contribution in [0.25, 0.3) is 0 Å². The molecule has 0 aromatic heterocycles. The second-order valence-corrected chi connectivity index (χ2v) is 4.18. The van der Waals surface area contributed by atoms with Gasteiger partial charge in [0.25, 0.3) is 5.69 Å². The quantitative estimate of drug-likeness (QED) is 0.599. The number of nitrogens with zero attached hydrogens (tertiary/aromatic N) is 1. The topological polar surface area (TPSA) is 92.5 Å². The molecule has 6 heteroatoms. The van der Waals surface area contributed by atoms with Gasteiger partial charge in [-0.15, -0.1) is 0 Å². The molecule has 0 bridgehead atoms. The lowest BCUT2D eigenvalue weighted by atomic mass is 10.1. The Labute approximate surface area is 105 Å². The van der Waals surface area contributed by atoms with Crippen LogP contribution in [0.15, 0.2) is 18.2 Å². The molecule has 1 rings (SSSR count). The Balaban J connectivity index is 2.71. The van der Waals surface area contributed by atoms with E-state index in [-0.39, 0.29) is 5.69 Å². The van der Waals surface area contributed by atoms with Crippen molar-refractivity contribution in [2.45, 2.75) is 20.3 Å². The summed E-state index contributed by atoms with van der Waals surface area (Å²) in [5, 5.41) is 22.6. The molecule has 1 aromatic carbocycles. The average Bonchev–Trinajstić information content (AvgIpc) is 2.28. The van der Waals surface area contributed by atoms with Crippen molar-refractivity contribution in [1.29, 1.82) is 0 Å². The van der Waals surface area contributed by atoms with Crippen LogP contribution in [0.3, 0.4) is 0 Å². The zero-order chi connectivity index (χ0) is 13.7. The number of aryl methyl sites for hydroxylation is 1. The predicted octanol–water partition coefficient (Wildman–Crippen LogP) is 2.43. The number of carbonyl (C=O) groups is 1. The van der Waals surface area contributed by atoms with Gasteiger partial charge < -0.3 is 10.4 Å². The van der Waals surface area contributed by atoms with Crippen LogP contribution >= 0.6 is 0 Å². The highest BCUT2D eigenvalue weighted by Gasteiger charge is 2.17. The fraction of sp³-hybridized carbons (Fsp3) is 0.417. The molecule has 0 spiro atoms. The molecular weight excluding hydrogens is 236 g/mol. The van der Waals surface area contributed by atoms with Crippen LogP contribution in [0, 0.1) is 23.0 Å². The van der Waals surface area contributed by atoms with Crippen LogP contribution in [0.1, 0.15) is 18.9 Å². The fourth-order valence-corrected chi connectivity index (χ4v) is 1.59. The normalized spacial score (nSPS) is 11.9. The van der Waals surface area contributed by atoms with Gasteiger partial charge in [-0.25, -0.2) is 0 Å². The Morgan fingerprint density at radius 1 is 1.56 bits per heavy atom. The number of carboxylic acid groups (broad SMARTS) is 1. The molecule has 18 heavy (non-hydrogen) atoms. The summed E-state index contributed by atoms with van der Waals surface area (Å²) >= 11 is 0. The van der Waals surface area contributed by atoms with Gasteiger partial charge in [-0.05, 0) is 19.4 Å². The monoisotopic (exact) mass is 252 g/mol. The summed E-state index contributed by atoms with van der Waals surface area (Å²) in [6.45, 7) is 3.66. The number of hydrogen-bond acceptors (Lipinski definition) is 4. The third-order valence-electron chi connectivity index (χ3n) is 2.73. The van der Waals surface area contributed by atoms with E-state index < -0.39 is 16.8 Å². The van der Waals surface area contributed by atoms with Crippen molar-refractivity contribution >= 4 is 17.3 Å². The number of rotatable bonds is 6. The largest absolute Gasteiger partial charge is 0.481 e. The molecule has 1 aromatic rings. The minimum Gasteiger partial charge on any atom is -0.481 e. The number of anilines is 1. The van der Waals surface area contributed by atoms with E-state index in [1.807, 2.05) is 0 Å². The molecule has 0 aliphatic heterocycles. The van der Waals surface area contributed by atoms with Gasteiger partial charge in [0.2, 0.25) is 0 Å². The predicted molar refractivity (Wildman–Crippen MR) is 67.7 cm³/mol. The molecule has 0 aliphatic carbocycles. The second-order valence-electron chi connectivity index (χ2n) is 4.18. The summed E-state index contributed by atoms with van der Waals surface area (Å²) in [6, 6.07) is 5.02. The van der Waals surface area contributed by atoms with Crippen LogP contribution in [0.4, 0.5) is 11.4 Å². The van der Waals surface area contributed by atoms with Crippen molar-refractivity contribution in [1.82, 2.24) is 0 Å². The highest BCUT2D eigenvalue weighted by Crippen LogP contribution is 2.27. The zero-order valence-corrected chi connectivity index (χ0v) is 10.3. The van der Waals surface area contributed by atoms with Crippen molar-refractivity contribution in [3.63, 3.8) is 0 Å². The first-order valence-electron chi connectivity index (χ1n) is 5.64. The molecule has 1 unspecified atom stereocenters. The van der Waals surface area contributed by atoms with E-state index in [0.29, 0.717) is 24.2 Å². The highest BCUT2D eigenvalue weighted by molar-refractivity contribution is 5.69. The van der Waals surface area contributed by atoms with Gasteiger partial charge in [-0.1, -0.05) is 19.1 Å². The molecular formula is C12H16N2O4. The fourth-order valence-electron chi connectivity index (χ4n) is 1.59. The van der Waals surface area contributed by atoms with Gasteiger partial charge in [0.15, 0.2) is 0 Å². The first-order valence-corrected chi connectivity index (χ1v) is 5.64. The van der Waals surface area contributed by atoms with Gasteiger partial charge in [0, 0.05) is 12.1 Å². The summed E-state index contributed by atoms with van der Waals surface area (Å²) in [7, 11) is 0. The summed E-state index contributed by atoms with van der Waals surface area (Å²) in [6.07, 6.45) is 0.417.